The predicted octanol–water partition coefficient (Wildman–Crippen LogP) is 2.86. The first-order valence-electron chi connectivity index (χ1n) is 9.28. The van der Waals surface area contributed by atoms with E-state index in [0.717, 1.165) is 12.8 Å². The molecule has 0 saturated carbocycles. The van der Waals surface area contributed by atoms with Crippen LogP contribution in [0.5, 0.6) is 0 Å². The topological polar surface area (TPSA) is 49.9 Å². The van der Waals surface area contributed by atoms with Gasteiger partial charge in [0.05, 0.1) is 13.0 Å². The van der Waals surface area contributed by atoms with E-state index in [1.54, 1.807) is 11.3 Å². The lowest BCUT2D eigenvalue weighted by Gasteiger charge is -2.36. The average Bonchev–Trinajstić information content (AvgIpc) is 3.09. The summed E-state index contributed by atoms with van der Waals surface area (Å²) in [6.45, 7) is 7.54. The van der Waals surface area contributed by atoms with E-state index in [2.05, 4.69) is 25.3 Å². The van der Waals surface area contributed by atoms with Crippen molar-refractivity contribution in [2.24, 2.45) is 5.92 Å². The van der Waals surface area contributed by atoms with Gasteiger partial charge in [-0.3, -0.25) is 9.59 Å². The Bertz CT molecular complexity index is 606. The van der Waals surface area contributed by atoms with Gasteiger partial charge < -0.3 is 14.5 Å². The lowest BCUT2D eigenvalue weighted by atomic mass is 10.0. The summed E-state index contributed by atoms with van der Waals surface area (Å²) in [7, 11) is 0. The van der Waals surface area contributed by atoms with Gasteiger partial charge in [-0.2, -0.15) is 0 Å². The molecule has 2 aliphatic heterocycles. The maximum atomic E-state index is 12.6. The van der Waals surface area contributed by atoms with Crippen molar-refractivity contribution >= 4 is 23.2 Å². The van der Waals surface area contributed by atoms with Crippen molar-refractivity contribution in [1.29, 1.82) is 0 Å². The molecule has 1 saturated heterocycles. The van der Waals surface area contributed by atoms with Crippen molar-refractivity contribution in [2.45, 2.75) is 45.6 Å². The van der Waals surface area contributed by atoms with E-state index in [1.807, 2.05) is 9.80 Å². The molecule has 1 unspecified atom stereocenters. The highest BCUT2D eigenvalue weighted by molar-refractivity contribution is 7.10. The van der Waals surface area contributed by atoms with Crippen molar-refractivity contribution in [3.63, 3.8) is 0 Å². The number of hydrogen-bond donors (Lipinski definition) is 0. The zero-order valence-corrected chi connectivity index (χ0v) is 16.0. The number of fused-ring (bicyclic) bond motifs is 1. The Kier molecular flexibility index (Phi) is 6.12. The minimum Gasteiger partial charge on any atom is -0.372 e. The molecule has 0 spiro atoms. The van der Waals surface area contributed by atoms with Crippen LogP contribution in [0.4, 0.5) is 0 Å². The summed E-state index contributed by atoms with van der Waals surface area (Å²) in [6, 6.07) is 2.14. The van der Waals surface area contributed by atoms with Crippen molar-refractivity contribution < 1.29 is 14.3 Å². The van der Waals surface area contributed by atoms with Crippen molar-refractivity contribution in [2.75, 3.05) is 32.8 Å². The van der Waals surface area contributed by atoms with E-state index >= 15 is 0 Å². The molecule has 25 heavy (non-hydrogen) atoms. The third-order valence-corrected chi connectivity index (χ3v) is 6.10. The summed E-state index contributed by atoms with van der Waals surface area (Å²) in [5.41, 5.74) is 1.33. The Hall–Kier alpha value is -1.40. The molecule has 1 atom stereocenters. The smallest absolute Gasteiger partial charge is 0.225 e. The Labute approximate surface area is 153 Å². The fraction of sp³-hybridized carbons (Fsp3) is 0.684. The van der Waals surface area contributed by atoms with Crippen LogP contribution in [-0.2, 0) is 20.7 Å². The molecule has 2 amide bonds. The molecule has 0 radical (unpaired) electrons. The second-order valence-electron chi connectivity index (χ2n) is 7.32. The minimum atomic E-state index is -0.0954. The van der Waals surface area contributed by atoms with E-state index < -0.39 is 0 Å². The maximum absolute atomic E-state index is 12.6. The molecule has 5 nitrogen and oxygen atoms in total. The van der Waals surface area contributed by atoms with Gasteiger partial charge in [0.2, 0.25) is 11.8 Å². The molecule has 1 aromatic heterocycles. The van der Waals surface area contributed by atoms with Crippen LogP contribution in [0.2, 0.25) is 0 Å². The molecular weight excluding hydrogens is 336 g/mol. The summed E-state index contributed by atoms with van der Waals surface area (Å²) in [6.07, 6.45) is 2.81. The largest absolute Gasteiger partial charge is 0.372 e. The second kappa shape index (κ2) is 8.32. The van der Waals surface area contributed by atoms with Crippen LogP contribution >= 0.6 is 11.3 Å². The third-order valence-electron chi connectivity index (χ3n) is 5.04. The summed E-state index contributed by atoms with van der Waals surface area (Å²) >= 11 is 1.69. The number of nitrogens with zero attached hydrogens (tertiary/aromatic N) is 2. The number of piperazine rings is 1. The van der Waals surface area contributed by atoms with E-state index in [9.17, 15) is 9.59 Å². The Balaban J connectivity index is 1.47. The fourth-order valence-corrected chi connectivity index (χ4v) is 4.44. The Morgan fingerprint density at radius 1 is 1.20 bits per heavy atom. The molecule has 138 valence electrons. The zero-order chi connectivity index (χ0) is 17.8. The minimum absolute atomic E-state index is 0.0954. The van der Waals surface area contributed by atoms with Gasteiger partial charge in [-0.25, -0.2) is 0 Å². The molecule has 0 bridgehead atoms. The summed E-state index contributed by atoms with van der Waals surface area (Å²) in [4.78, 5) is 29.8. The first kappa shape index (κ1) is 18.4. The molecule has 1 fully saturated rings. The summed E-state index contributed by atoms with van der Waals surface area (Å²) in [5, 5.41) is 2.08. The molecule has 0 aromatic carbocycles. The van der Waals surface area contributed by atoms with Gasteiger partial charge in [0.15, 0.2) is 0 Å². The monoisotopic (exact) mass is 364 g/mol. The van der Waals surface area contributed by atoms with E-state index in [4.69, 9.17) is 4.74 Å². The molecule has 3 rings (SSSR count). The average molecular weight is 365 g/mol. The number of amides is 2. The van der Waals surface area contributed by atoms with Gasteiger partial charge in [-0.1, -0.05) is 13.8 Å². The summed E-state index contributed by atoms with van der Waals surface area (Å²) < 4.78 is 5.84. The maximum Gasteiger partial charge on any atom is 0.225 e. The standard InChI is InChI=1S/C19H28N2O3S/c1-14(2)3-4-17(22)20-7-9-21(10-8-20)18(23)13-16-19-15(5-11-24-16)6-12-25-19/h6,12,14,16H,3-5,7-11,13H2,1-2H3. The van der Waals surface area contributed by atoms with Gasteiger partial charge in [0, 0.05) is 37.5 Å². The van der Waals surface area contributed by atoms with Crippen LogP contribution in [0.3, 0.4) is 0 Å². The molecule has 2 aliphatic rings. The molecule has 1 aromatic rings. The quantitative estimate of drug-likeness (QED) is 0.807. The Morgan fingerprint density at radius 2 is 1.88 bits per heavy atom. The van der Waals surface area contributed by atoms with Gasteiger partial charge in [0.25, 0.3) is 0 Å². The number of ether oxygens (including phenoxy) is 1. The van der Waals surface area contributed by atoms with Crippen LogP contribution in [0.25, 0.3) is 0 Å². The van der Waals surface area contributed by atoms with Crippen molar-refractivity contribution in [3.05, 3.63) is 21.9 Å². The van der Waals surface area contributed by atoms with Crippen LogP contribution in [0.15, 0.2) is 11.4 Å². The predicted molar refractivity (Wildman–Crippen MR) is 98.6 cm³/mol. The number of carbonyl (C=O) groups is 2. The first-order chi connectivity index (χ1) is 12.0. The van der Waals surface area contributed by atoms with Crippen molar-refractivity contribution in [1.82, 2.24) is 9.80 Å². The normalized spacial score (nSPS) is 20.7. The highest BCUT2D eigenvalue weighted by Crippen LogP contribution is 2.34. The van der Waals surface area contributed by atoms with Gasteiger partial charge >= 0.3 is 0 Å². The van der Waals surface area contributed by atoms with Crippen molar-refractivity contribution in [3.8, 4) is 0 Å². The molecular formula is C19H28N2O3S. The lowest BCUT2D eigenvalue weighted by Crippen LogP contribution is -2.50. The number of carbonyl (C=O) groups excluding carboxylic acids is 2. The number of thiophene rings is 1. The molecule has 6 heteroatoms. The van der Waals surface area contributed by atoms with E-state index in [1.165, 1.54) is 10.4 Å². The van der Waals surface area contributed by atoms with Crippen LogP contribution < -0.4 is 0 Å². The molecule has 3 heterocycles. The number of rotatable bonds is 5. The van der Waals surface area contributed by atoms with Crippen LogP contribution in [-0.4, -0.2) is 54.4 Å². The second-order valence-corrected chi connectivity index (χ2v) is 8.27. The van der Waals surface area contributed by atoms with Gasteiger partial charge in [-0.05, 0) is 35.8 Å². The third kappa shape index (κ3) is 4.61. The fourth-order valence-electron chi connectivity index (χ4n) is 3.44. The SMILES string of the molecule is CC(C)CCC(=O)N1CCN(C(=O)CC2OCCc3ccsc32)CC1. The van der Waals surface area contributed by atoms with E-state index in [0.29, 0.717) is 51.5 Å². The lowest BCUT2D eigenvalue weighted by molar-refractivity contribution is -0.141. The first-order valence-corrected chi connectivity index (χ1v) is 10.2. The number of hydrogen-bond acceptors (Lipinski definition) is 4. The highest BCUT2D eigenvalue weighted by Gasteiger charge is 2.29. The Morgan fingerprint density at radius 3 is 2.56 bits per heavy atom. The molecule has 0 N–H and O–H groups in total. The zero-order valence-electron chi connectivity index (χ0n) is 15.2. The van der Waals surface area contributed by atoms with Gasteiger partial charge in [-0.15, -0.1) is 11.3 Å². The van der Waals surface area contributed by atoms with Gasteiger partial charge in [0.1, 0.15) is 6.10 Å². The van der Waals surface area contributed by atoms with Crippen LogP contribution in [0.1, 0.15) is 49.7 Å². The molecule has 0 aliphatic carbocycles. The summed E-state index contributed by atoms with van der Waals surface area (Å²) in [5.74, 6) is 0.907. The highest BCUT2D eigenvalue weighted by atomic mass is 32.1. The van der Waals surface area contributed by atoms with E-state index in [-0.39, 0.29) is 17.9 Å². The van der Waals surface area contributed by atoms with Crippen LogP contribution in [0, 0.1) is 5.92 Å².